The Labute approximate surface area is 91.7 Å². The van der Waals surface area contributed by atoms with Crippen molar-refractivity contribution in [1.82, 2.24) is 0 Å². The van der Waals surface area contributed by atoms with Crippen molar-refractivity contribution in [3.63, 3.8) is 0 Å². The van der Waals surface area contributed by atoms with E-state index < -0.39 is 24.1 Å². The van der Waals surface area contributed by atoms with E-state index in [-0.39, 0.29) is 12.2 Å². The largest absolute Gasteiger partial charge is 0.464 e. The van der Waals surface area contributed by atoms with Crippen molar-refractivity contribution in [2.45, 2.75) is 19.2 Å². The Morgan fingerprint density at radius 1 is 1.50 bits per heavy atom. The van der Waals surface area contributed by atoms with Crippen LogP contribution in [0, 0.1) is 5.82 Å². The molecule has 0 saturated carbocycles. The molecule has 0 fully saturated rings. The first kappa shape index (κ1) is 12.6. The third kappa shape index (κ3) is 2.76. The van der Waals surface area contributed by atoms with Crippen LogP contribution in [-0.4, -0.2) is 23.9 Å². The maximum Gasteiger partial charge on any atom is 0.343 e. The van der Waals surface area contributed by atoms with Gasteiger partial charge in [0.15, 0.2) is 0 Å². The molecule has 1 N–H and O–H groups in total. The molecule has 0 aliphatic rings. The molecule has 88 valence electrons. The average Bonchev–Trinajstić information content (AvgIpc) is 2.28. The molecule has 1 aromatic rings. The van der Waals surface area contributed by atoms with Crippen LogP contribution in [0.15, 0.2) is 24.3 Å². The molecule has 0 aromatic heterocycles. The minimum absolute atomic E-state index is 0.00322. The molecule has 0 saturated heterocycles. The number of esters is 1. The molecule has 1 aromatic carbocycles. The zero-order chi connectivity index (χ0) is 12.1. The molecule has 0 radical (unpaired) electrons. The van der Waals surface area contributed by atoms with Crippen LogP contribution in [0.2, 0.25) is 0 Å². The quantitative estimate of drug-likeness (QED) is 0.802. The van der Waals surface area contributed by atoms with Crippen LogP contribution in [0.25, 0.3) is 0 Å². The Morgan fingerprint density at radius 2 is 2.12 bits per heavy atom. The second-order valence-electron chi connectivity index (χ2n) is 3.12. The van der Waals surface area contributed by atoms with Gasteiger partial charge in [-0.2, -0.15) is 0 Å². The lowest BCUT2D eigenvalue weighted by molar-refractivity contribution is -0.153. The molecular formula is C11H12F2O3. The van der Waals surface area contributed by atoms with Crippen LogP contribution in [-0.2, 0) is 9.53 Å². The van der Waals surface area contributed by atoms with Crippen LogP contribution < -0.4 is 0 Å². The molecular weight excluding hydrogens is 218 g/mol. The first-order valence-electron chi connectivity index (χ1n) is 4.81. The standard InChI is InChI=1S/C11H12F2O3/c1-2-16-11(15)9(13)10(14)7-5-3-4-6-8(7)12/h3-6,9-10,14H,2H2,1H3. The highest BCUT2D eigenvalue weighted by molar-refractivity contribution is 5.75. The van der Waals surface area contributed by atoms with Gasteiger partial charge in [-0.15, -0.1) is 0 Å². The van der Waals surface area contributed by atoms with E-state index in [1.165, 1.54) is 25.1 Å². The predicted molar refractivity (Wildman–Crippen MR) is 52.9 cm³/mol. The Balaban J connectivity index is 2.82. The van der Waals surface area contributed by atoms with Gasteiger partial charge in [0.05, 0.1) is 6.61 Å². The molecule has 2 unspecified atom stereocenters. The Kier molecular flexibility index (Phi) is 4.37. The summed E-state index contributed by atoms with van der Waals surface area (Å²) in [5.41, 5.74) is -0.261. The van der Waals surface area contributed by atoms with Crippen LogP contribution in [0.3, 0.4) is 0 Å². The lowest BCUT2D eigenvalue weighted by Gasteiger charge is -2.15. The van der Waals surface area contributed by atoms with Crippen LogP contribution >= 0.6 is 0 Å². The van der Waals surface area contributed by atoms with E-state index in [0.717, 1.165) is 6.07 Å². The first-order valence-corrected chi connectivity index (χ1v) is 4.81. The Hall–Kier alpha value is -1.49. The van der Waals surface area contributed by atoms with Gasteiger partial charge in [0.2, 0.25) is 6.17 Å². The molecule has 3 nitrogen and oxygen atoms in total. The fourth-order valence-electron chi connectivity index (χ4n) is 1.22. The highest BCUT2D eigenvalue weighted by Gasteiger charge is 2.30. The van der Waals surface area contributed by atoms with Crippen molar-refractivity contribution in [1.29, 1.82) is 0 Å². The number of aliphatic hydroxyl groups is 1. The van der Waals surface area contributed by atoms with Crippen molar-refractivity contribution in [2.24, 2.45) is 0 Å². The van der Waals surface area contributed by atoms with E-state index in [2.05, 4.69) is 4.74 Å². The summed E-state index contributed by atoms with van der Waals surface area (Å²) in [6.45, 7) is 1.52. The zero-order valence-corrected chi connectivity index (χ0v) is 8.69. The molecule has 0 amide bonds. The van der Waals surface area contributed by atoms with Gasteiger partial charge < -0.3 is 9.84 Å². The highest BCUT2D eigenvalue weighted by Crippen LogP contribution is 2.22. The molecule has 1 rings (SSSR count). The smallest absolute Gasteiger partial charge is 0.343 e. The molecule has 5 heteroatoms. The fraction of sp³-hybridized carbons (Fsp3) is 0.364. The second-order valence-corrected chi connectivity index (χ2v) is 3.12. The van der Waals surface area contributed by atoms with E-state index >= 15 is 0 Å². The molecule has 0 heterocycles. The van der Waals surface area contributed by atoms with Gasteiger partial charge in [-0.3, -0.25) is 0 Å². The Bertz CT molecular complexity index is 368. The number of carbonyl (C=O) groups is 1. The van der Waals surface area contributed by atoms with Crippen LogP contribution in [0.1, 0.15) is 18.6 Å². The van der Waals surface area contributed by atoms with E-state index in [0.29, 0.717) is 0 Å². The Morgan fingerprint density at radius 3 is 2.69 bits per heavy atom. The van der Waals surface area contributed by atoms with Crippen LogP contribution in [0.5, 0.6) is 0 Å². The van der Waals surface area contributed by atoms with Crippen molar-refractivity contribution in [3.05, 3.63) is 35.6 Å². The number of hydrogen-bond donors (Lipinski definition) is 1. The lowest BCUT2D eigenvalue weighted by Crippen LogP contribution is -2.26. The molecule has 0 spiro atoms. The van der Waals surface area contributed by atoms with Gasteiger partial charge in [0, 0.05) is 5.56 Å². The summed E-state index contributed by atoms with van der Waals surface area (Å²) in [6, 6.07) is 5.14. The van der Waals surface area contributed by atoms with E-state index in [1.54, 1.807) is 0 Å². The summed E-state index contributed by atoms with van der Waals surface area (Å²) in [4.78, 5) is 11.0. The summed E-state index contributed by atoms with van der Waals surface area (Å²) < 4.78 is 30.9. The third-order valence-corrected chi connectivity index (χ3v) is 2.01. The SMILES string of the molecule is CCOC(=O)C(F)C(O)c1ccccc1F. The number of ether oxygens (including phenoxy) is 1. The van der Waals surface area contributed by atoms with E-state index in [1.807, 2.05) is 0 Å². The number of benzene rings is 1. The number of alkyl halides is 1. The summed E-state index contributed by atoms with van der Waals surface area (Å²) in [7, 11) is 0. The molecule has 2 atom stereocenters. The van der Waals surface area contributed by atoms with Gasteiger partial charge in [-0.05, 0) is 13.0 Å². The van der Waals surface area contributed by atoms with Crippen molar-refractivity contribution >= 4 is 5.97 Å². The summed E-state index contributed by atoms with van der Waals surface area (Å²) in [5, 5.41) is 9.45. The van der Waals surface area contributed by atoms with E-state index in [4.69, 9.17) is 0 Å². The van der Waals surface area contributed by atoms with E-state index in [9.17, 15) is 18.7 Å². The zero-order valence-electron chi connectivity index (χ0n) is 8.69. The normalized spacial score (nSPS) is 14.2. The highest BCUT2D eigenvalue weighted by atomic mass is 19.1. The van der Waals surface area contributed by atoms with Crippen LogP contribution in [0.4, 0.5) is 8.78 Å². The number of rotatable bonds is 4. The lowest BCUT2D eigenvalue weighted by atomic mass is 10.0. The van der Waals surface area contributed by atoms with Crippen molar-refractivity contribution in [3.8, 4) is 0 Å². The number of halogens is 2. The number of hydrogen-bond acceptors (Lipinski definition) is 3. The minimum atomic E-state index is -2.28. The first-order chi connectivity index (χ1) is 7.57. The number of aliphatic hydroxyl groups excluding tert-OH is 1. The molecule has 0 bridgehead atoms. The predicted octanol–water partition coefficient (Wildman–Crippen LogP) is 1.76. The van der Waals surface area contributed by atoms with Crippen molar-refractivity contribution < 1.29 is 23.4 Å². The summed E-state index contributed by atoms with van der Waals surface area (Å²) in [5.74, 6) is -1.96. The maximum atomic E-state index is 13.4. The molecule has 0 aliphatic carbocycles. The van der Waals surface area contributed by atoms with Gasteiger partial charge in [-0.25, -0.2) is 13.6 Å². The summed E-state index contributed by atoms with van der Waals surface area (Å²) in [6.07, 6.45) is -4.13. The molecule has 16 heavy (non-hydrogen) atoms. The van der Waals surface area contributed by atoms with Gasteiger partial charge in [-0.1, -0.05) is 18.2 Å². The van der Waals surface area contributed by atoms with Gasteiger partial charge in [0.1, 0.15) is 11.9 Å². The van der Waals surface area contributed by atoms with Gasteiger partial charge in [0.25, 0.3) is 0 Å². The summed E-state index contributed by atoms with van der Waals surface area (Å²) >= 11 is 0. The third-order valence-electron chi connectivity index (χ3n) is 2.01. The second kappa shape index (κ2) is 5.55. The maximum absolute atomic E-state index is 13.4. The molecule has 0 aliphatic heterocycles. The average molecular weight is 230 g/mol. The van der Waals surface area contributed by atoms with Crippen molar-refractivity contribution in [2.75, 3.05) is 6.61 Å². The monoisotopic (exact) mass is 230 g/mol. The minimum Gasteiger partial charge on any atom is -0.464 e. The topological polar surface area (TPSA) is 46.5 Å². The number of carbonyl (C=O) groups excluding carboxylic acids is 1. The van der Waals surface area contributed by atoms with Gasteiger partial charge >= 0.3 is 5.97 Å². The fourth-order valence-corrected chi connectivity index (χ4v) is 1.22.